The van der Waals surface area contributed by atoms with Crippen LogP contribution in [0.5, 0.6) is 5.75 Å². The molecule has 27 heavy (non-hydrogen) atoms. The van der Waals surface area contributed by atoms with Crippen LogP contribution in [0.3, 0.4) is 0 Å². The number of carbonyl (C=O) groups is 1. The van der Waals surface area contributed by atoms with Gasteiger partial charge in [0, 0.05) is 23.2 Å². The van der Waals surface area contributed by atoms with Gasteiger partial charge >= 0.3 is 0 Å². The lowest BCUT2D eigenvalue weighted by Gasteiger charge is -2.26. The van der Waals surface area contributed by atoms with Gasteiger partial charge in [0.1, 0.15) is 23.0 Å². The number of aromatic amines is 1. The molecule has 5 nitrogen and oxygen atoms in total. The summed E-state index contributed by atoms with van der Waals surface area (Å²) in [5.74, 6) is -0.492. The molecule has 0 radical (unpaired) electrons. The molecule has 0 saturated heterocycles. The fourth-order valence-electron chi connectivity index (χ4n) is 3.66. The Labute approximate surface area is 156 Å². The van der Waals surface area contributed by atoms with Crippen LogP contribution in [-0.2, 0) is 0 Å². The molecule has 1 atom stereocenters. The molecule has 6 heteroatoms. The van der Waals surface area contributed by atoms with E-state index in [-0.39, 0.29) is 17.5 Å². The molecule has 0 aliphatic carbocycles. The molecule has 4 rings (SSSR count). The number of phenolic OH excluding ortho intramolecular Hbond substituents is 1. The maximum atomic E-state index is 14.7. The minimum absolute atomic E-state index is 0.0681. The third-order valence-corrected chi connectivity index (χ3v) is 4.98. The molecule has 3 aromatic rings. The number of fused-ring (bicyclic) bond motifs is 1. The molecule has 1 unspecified atom stereocenters. The van der Waals surface area contributed by atoms with Crippen LogP contribution >= 0.6 is 0 Å². The van der Waals surface area contributed by atoms with Crippen molar-refractivity contribution in [1.82, 2.24) is 15.1 Å². The molecule has 2 aromatic carbocycles. The summed E-state index contributed by atoms with van der Waals surface area (Å²) in [5, 5.41) is 17.4. The van der Waals surface area contributed by atoms with E-state index in [1.165, 1.54) is 6.07 Å². The number of rotatable bonds is 5. The van der Waals surface area contributed by atoms with E-state index in [0.717, 1.165) is 12.8 Å². The lowest BCUT2D eigenvalue weighted by molar-refractivity contribution is 0.0739. The number of amides is 1. The molecule has 0 spiro atoms. The molecule has 1 aliphatic rings. The van der Waals surface area contributed by atoms with E-state index >= 15 is 0 Å². The maximum Gasteiger partial charge on any atom is 0.273 e. The average molecular weight is 365 g/mol. The summed E-state index contributed by atoms with van der Waals surface area (Å²) in [6.45, 7) is 2.57. The van der Waals surface area contributed by atoms with Crippen molar-refractivity contribution in [3.63, 3.8) is 0 Å². The fourth-order valence-corrected chi connectivity index (χ4v) is 3.66. The quantitative estimate of drug-likeness (QED) is 0.709. The summed E-state index contributed by atoms with van der Waals surface area (Å²) in [7, 11) is 0. The number of phenols is 1. The number of aromatic hydroxyl groups is 1. The predicted octanol–water partition coefficient (Wildman–Crippen LogP) is 4.27. The summed E-state index contributed by atoms with van der Waals surface area (Å²) in [6.07, 6.45) is 1.74. The number of nitrogens with zero attached hydrogens (tertiary/aromatic N) is 2. The van der Waals surface area contributed by atoms with Gasteiger partial charge in [-0.25, -0.2) is 4.39 Å². The van der Waals surface area contributed by atoms with Crippen LogP contribution in [0.15, 0.2) is 48.5 Å². The van der Waals surface area contributed by atoms with Crippen LogP contribution in [0.4, 0.5) is 4.39 Å². The first-order valence-electron chi connectivity index (χ1n) is 9.05. The number of benzene rings is 2. The number of H-pyrrole nitrogens is 1. The first kappa shape index (κ1) is 17.3. The Morgan fingerprint density at radius 2 is 1.93 bits per heavy atom. The molecular formula is C21H20FN3O2. The average Bonchev–Trinajstić information content (AvgIpc) is 3.20. The van der Waals surface area contributed by atoms with Crippen molar-refractivity contribution in [1.29, 1.82) is 0 Å². The lowest BCUT2D eigenvalue weighted by atomic mass is 9.95. The highest BCUT2D eigenvalue weighted by Crippen LogP contribution is 2.44. The van der Waals surface area contributed by atoms with E-state index in [2.05, 4.69) is 10.2 Å². The summed E-state index contributed by atoms with van der Waals surface area (Å²) < 4.78 is 14.7. The van der Waals surface area contributed by atoms with Crippen LogP contribution < -0.4 is 0 Å². The van der Waals surface area contributed by atoms with Crippen molar-refractivity contribution in [2.24, 2.45) is 0 Å². The molecule has 1 amide bonds. The number of halogens is 1. The number of nitrogens with one attached hydrogen (secondary N) is 1. The lowest BCUT2D eigenvalue weighted by Crippen LogP contribution is -2.31. The van der Waals surface area contributed by atoms with Gasteiger partial charge in [-0.15, -0.1) is 0 Å². The highest BCUT2D eigenvalue weighted by Gasteiger charge is 2.43. The fraction of sp³-hybridized carbons (Fsp3) is 0.238. The second-order valence-electron chi connectivity index (χ2n) is 6.65. The van der Waals surface area contributed by atoms with Crippen molar-refractivity contribution in [2.45, 2.75) is 25.8 Å². The zero-order valence-electron chi connectivity index (χ0n) is 14.9. The topological polar surface area (TPSA) is 69.2 Å². The minimum Gasteiger partial charge on any atom is -0.507 e. The first-order chi connectivity index (χ1) is 13.1. The van der Waals surface area contributed by atoms with Crippen LogP contribution in [0.2, 0.25) is 0 Å². The van der Waals surface area contributed by atoms with Gasteiger partial charge in [-0.2, -0.15) is 5.10 Å². The van der Waals surface area contributed by atoms with Gasteiger partial charge in [0.25, 0.3) is 5.91 Å². The van der Waals surface area contributed by atoms with E-state index in [4.69, 9.17) is 0 Å². The van der Waals surface area contributed by atoms with E-state index in [9.17, 15) is 14.3 Å². The van der Waals surface area contributed by atoms with Crippen molar-refractivity contribution >= 4 is 5.91 Å². The molecule has 0 bridgehead atoms. The van der Waals surface area contributed by atoms with Gasteiger partial charge in [-0.1, -0.05) is 43.7 Å². The van der Waals surface area contributed by atoms with Gasteiger partial charge in [0.15, 0.2) is 0 Å². The number of hydrogen-bond acceptors (Lipinski definition) is 3. The van der Waals surface area contributed by atoms with E-state index in [1.54, 1.807) is 47.4 Å². The van der Waals surface area contributed by atoms with E-state index < -0.39 is 6.04 Å². The van der Waals surface area contributed by atoms with Gasteiger partial charge in [0.05, 0.1) is 6.04 Å². The van der Waals surface area contributed by atoms with Gasteiger partial charge in [-0.05, 0) is 24.6 Å². The predicted molar refractivity (Wildman–Crippen MR) is 99.9 cm³/mol. The molecule has 0 saturated carbocycles. The number of carbonyl (C=O) groups excluding carboxylic acids is 1. The second-order valence-corrected chi connectivity index (χ2v) is 6.65. The van der Waals surface area contributed by atoms with Crippen molar-refractivity contribution in [2.75, 3.05) is 6.54 Å². The minimum atomic E-state index is -0.575. The molecule has 2 N–H and O–H groups in total. The van der Waals surface area contributed by atoms with Crippen LogP contribution in [-0.4, -0.2) is 32.7 Å². The normalized spacial score (nSPS) is 16.0. The first-order valence-corrected chi connectivity index (χ1v) is 9.05. The van der Waals surface area contributed by atoms with E-state index in [0.29, 0.717) is 34.6 Å². The number of hydrogen-bond donors (Lipinski definition) is 2. The summed E-state index contributed by atoms with van der Waals surface area (Å²) in [5.41, 5.74) is 2.39. The van der Waals surface area contributed by atoms with Crippen LogP contribution in [0.25, 0.3) is 11.3 Å². The number of unbranched alkanes of at least 4 members (excludes halogenated alkanes) is 1. The Morgan fingerprint density at radius 3 is 2.67 bits per heavy atom. The van der Waals surface area contributed by atoms with Crippen molar-refractivity contribution in [3.05, 3.63) is 71.2 Å². The standard InChI is InChI=1S/C21H20FN3O2/c1-2-3-12-25-20(13-8-4-6-10-15(13)22)17-18(23-24-19(17)21(25)27)14-9-5-7-11-16(14)26/h4-11,20,26H,2-3,12H2,1H3,(H,23,24). The smallest absolute Gasteiger partial charge is 0.273 e. The highest BCUT2D eigenvalue weighted by atomic mass is 19.1. The highest BCUT2D eigenvalue weighted by molar-refractivity contribution is 6.00. The third-order valence-electron chi connectivity index (χ3n) is 4.98. The summed E-state index contributed by atoms with van der Waals surface area (Å²) in [6, 6.07) is 12.7. The molecule has 2 heterocycles. The Bertz CT molecular complexity index is 999. The maximum absolute atomic E-state index is 14.7. The summed E-state index contributed by atoms with van der Waals surface area (Å²) in [4.78, 5) is 14.7. The van der Waals surface area contributed by atoms with Crippen molar-refractivity contribution in [3.8, 4) is 17.0 Å². The Morgan fingerprint density at radius 1 is 1.19 bits per heavy atom. The zero-order valence-corrected chi connectivity index (χ0v) is 14.9. The van der Waals surface area contributed by atoms with Gasteiger partial charge in [-0.3, -0.25) is 9.89 Å². The molecule has 138 valence electrons. The zero-order chi connectivity index (χ0) is 19.0. The third kappa shape index (κ3) is 2.77. The molecule has 1 aromatic heterocycles. The molecular weight excluding hydrogens is 345 g/mol. The van der Waals surface area contributed by atoms with Crippen LogP contribution in [0.1, 0.15) is 47.4 Å². The molecule has 1 aliphatic heterocycles. The Kier molecular flexibility index (Phi) is 4.39. The van der Waals surface area contributed by atoms with Crippen molar-refractivity contribution < 1.29 is 14.3 Å². The second kappa shape index (κ2) is 6.87. The SMILES string of the molecule is CCCCN1C(=O)c2[nH]nc(-c3ccccc3O)c2C1c1ccccc1F. The van der Waals surface area contributed by atoms with Crippen LogP contribution in [0, 0.1) is 5.82 Å². The monoisotopic (exact) mass is 365 g/mol. The Hall–Kier alpha value is -3.15. The molecule has 0 fully saturated rings. The van der Waals surface area contributed by atoms with E-state index in [1.807, 2.05) is 6.92 Å². The number of para-hydroxylation sites is 1. The summed E-state index contributed by atoms with van der Waals surface area (Å²) >= 11 is 0. The van der Waals surface area contributed by atoms with Gasteiger partial charge in [0.2, 0.25) is 0 Å². The Balaban J connectivity index is 1.91. The largest absolute Gasteiger partial charge is 0.507 e. The van der Waals surface area contributed by atoms with Gasteiger partial charge < -0.3 is 10.0 Å². The number of aromatic nitrogens is 2.